The molecule has 0 aromatic carbocycles. The molecule has 0 spiro atoms. The average Bonchev–Trinajstić information content (AvgIpc) is 3.20. The summed E-state index contributed by atoms with van der Waals surface area (Å²) in [5.74, 6) is 0.387. The van der Waals surface area contributed by atoms with E-state index in [-0.39, 0.29) is 18.7 Å². The molecule has 1 fully saturated rings. The number of carbonyl (C=O) groups is 2. The number of amides is 2. The van der Waals surface area contributed by atoms with Crippen LogP contribution in [0.3, 0.4) is 0 Å². The highest BCUT2D eigenvalue weighted by Crippen LogP contribution is 2.39. The Hall–Kier alpha value is -2.13. The number of hydrogen-bond acceptors (Lipinski definition) is 6. The lowest BCUT2D eigenvalue weighted by atomic mass is 9.91. The van der Waals surface area contributed by atoms with Crippen LogP contribution in [0.15, 0.2) is 6.20 Å². The lowest BCUT2D eigenvalue weighted by molar-refractivity contribution is 0.0488. The van der Waals surface area contributed by atoms with Gasteiger partial charge in [-0.15, -0.1) is 0 Å². The van der Waals surface area contributed by atoms with Gasteiger partial charge in [0.1, 0.15) is 0 Å². The van der Waals surface area contributed by atoms with Crippen LogP contribution in [-0.2, 0) is 21.6 Å². The van der Waals surface area contributed by atoms with E-state index >= 15 is 0 Å². The molecule has 1 aromatic rings. The zero-order valence-electron chi connectivity index (χ0n) is 18.1. The molecule has 3 rings (SSSR count). The molecule has 0 radical (unpaired) electrons. The first-order valence-corrected chi connectivity index (χ1v) is 10.3. The van der Waals surface area contributed by atoms with Crippen molar-refractivity contribution in [2.24, 2.45) is 5.92 Å². The molecule has 162 valence electrons. The number of urea groups is 1. The lowest BCUT2D eigenvalue weighted by Gasteiger charge is -2.37. The summed E-state index contributed by atoms with van der Waals surface area (Å²) in [6, 6.07) is -0.0811. The van der Waals surface area contributed by atoms with Crippen molar-refractivity contribution in [3.63, 3.8) is 0 Å². The molecule has 29 heavy (non-hydrogen) atoms. The van der Waals surface area contributed by atoms with Gasteiger partial charge in [-0.3, -0.25) is 0 Å². The number of nitrogens with one attached hydrogen (secondary N) is 1. The predicted octanol–water partition coefficient (Wildman–Crippen LogP) is 2.00. The van der Waals surface area contributed by atoms with Crippen molar-refractivity contribution in [3.8, 4) is 0 Å². The van der Waals surface area contributed by atoms with Crippen LogP contribution >= 0.6 is 0 Å². The molecule has 1 atom stereocenters. The summed E-state index contributed by atoms with van der Waals surface area (Å²) >= 11 is 0. The Balaban J connectivity index is 1.77. The standard InChI is InChI=1S/C20H33N5O4/c1-6-29-19(27)25-17-15(11-21-25)12-24(20(17,2)3)18(26)22-16(13-23(4)5)14-7-9-28-10-8-14/h11,14,16H,6-10,12-13H2,1-5H3,(H,22,26). The Bertz CT molecular complexity index is 739. The second-order valence-corrected chi connectivity index (χ2v) is 8.54. The van der Waals surface area contributed by atoms with Gasteiger partial charge in [-0.2, -0.15) is 9.78 Å². The minimum Gasteiger partial charge on any atom is -0.448 e. The summed E-state index contributed by atoms with van der Waals surface area (Å²) in [6.07, 6.45) is 3.02. The maximum Gasteiger partial charge on any atom is 0.435 e. The van der Waals surface area contributed by atoms with Crippen molar-refractivity contribution >= 4 is 12.1 Å². The van der Waals surface area contributed by atoms with E-state index in [0.717, 1.165) is 38.2 Å². The summed E-state index contributed by atoms with van der Waals surface area (Å²) in [5.41, 5.74) is 0.899. The van der Waals surface area contributed by atoms with E-state index in [1.807, 2.05) is 27.9 Å². The van der Waals surface area contributed by atoms with Gasteiger partial charge < -0.3 is 24.6 Å². The lowest BCUT2D eigenvalue weighted by Crippen LogP contribution is -2.54. The van der Waals surface area contributed by atoms with Gasteiger partial charge >= 0.3 is 12.1 Å². The number of aromatic nitrogens is 2. The summed E-state index contributed by atoms with van der Waals surface area (Å²) < 4.78 is 11.9. The fourth-order valence-corrected chi connectivity index (χ4v) is 4.36. The number of carbonyl (C=O) groups excluding carboxylic acids is 2. The van der Waals surface area contributed by atoms with Gasteiger partial charge in [0.05, 0.1) is 30.6 Å². The molecule has 3 heterocycles. The molecule has 9 nitrogen and oxygen atoms in total. The van der Waals surface area contributed by atoms with Crippen LogP contribution in [0.4, 0.5) is 9.59 Å². The molecule has 1 saturated heterocycles. The minimum atomic E-state index is -0.680. The summed E-state index contributed by atoms with van der Waals surface area (Å²) in [7, 11) is 4.03. The average molecular weight is 408 g/mol. The van der Waals surface area contributed by atoms with Gasteiger partial charge in [0, 0.05) is 31.4 Å². The maximum atomic E-state index is 13.3. The number of ether oxygens (including phenoxy) is 2. The number of likely N-dealkylation sites (N-methyl/N-ethyl adjacent to an activating group) is 1. The molecule has 2 amide bonds. The molecule has 2 aliphatic heterocycles. The highest BCUT2D eigenvalue weighted by molar-refractivity contribution is 5.78. The SMILES string of the molecule is CCOC(=O)n1ncc2c1C(C)(C)N(C(=O)NC(CN(C)C)C1CCOCC1)C2. The monoisotopic (exact) mass is 407 g/mol. The largest absolute Gasteiger partial charge is 0.448 e. The van der Waals surface area contributed by atoms with E-state index in [2.05, 4.69) is 15.3 Å². The topological polar surface area (TPSA) is 88.9 Å². The van der Waals surface area contributed by atoms with Crippen molar-refractivity contribution in [1.82, 2.24) is 24.9 Å². The van der Waals surface area contributed by atoms with E-state index in [1.54, 1.807) is 18.0 Å². The van der Waals surface area contributed by atoms with Crippen LogP contribution < -0.4 is 5.32 Å². The number of nitrogens with zero attached hydrogens (tertiary/aromatic N) is 4. The third-order valence-corrected chi connectivity index (χ3v) is 5.82. The van der Waals surface area contributed by atoms with E-state index in [0.29, 0.717) is 18.2 Å². The fourth-order valence-electron chi connectivity index (χ4n) is 4.36. The Morgan fingerprint density at radius 3 is 2.69 bits per heavy atom. The van der Waals surface area contributed by atoms with Gasteiger partial charge in [0.25, 0.3) is 0 Å². The van der Waals surface area contributed by atoms with Crippen LogP contribution in [0.5, 0.6) is 0 Å². The maximum absolute atomic E-state index is 13.3. The second-order valence-electron chi connectivity index (χ2n) is 8.54. The van der Waals surface area contributed by atoms with Gasteiger partial charge in [-0.25, -0.2) is 9.59 Å². The summed E-state index contributed by atoms with van der Waals surface area (Å²) in [5, 5.41) is 7.44. The van der Waals surface area contributed by atoms with Crippen LogP contribution in [0.25, 0.3) is 0 Å². The Labute approximate surface area is 172 Å². The van der Waals surface area contributed by atoms with Gasteiger partial charge in [0.2, 0.25) is 0 Å². The molecule has 1 aromatic heterocycles. The van der Waals surface area contributed by atoms with Crippen molar-refractivity contribution < 1.29 is 19.1 Å². The Morgan fingerprint density at radius 1 is 1.38 bits per heavy atom. The number of fused-ring (bicyclic) bond motifs is 1. The van der Waals surface area contributed by atoms with Crippen molar-refractivity contribution in [2.75, 3.05) is 40.5 Å². The Morgan fingerprint density at radius 2 is 2.07 bits per heavy atom. The van der Waals surface area contributed by atoms with Crippen molar-refractivity contribution in [1.29, 1.82) is 0 Å². The molecule has 1 unspecified atom stereocenters. The van der Waals surface area contributed by atoms with Crippen molar-refractivity contribution in [3.05, 3.63) is 17.5 Å². The predicted molar refractivity (Wildman–Crippen MR) is 108 cm³/mol. The fraction of sp³-hybridized carbons (Fsp3) is 0.750. The normalized spacial score (nSPS) is 19.9. The van der Waals surface area contributed by atoms with Crippen LogP contribution in [0.1, 0.15) is 44.9 Å². The van der Waals surface area contributed by atoms with Crippen LogP contribution in [0, 0.1) is 5.92 Å². The minimum absolute atomic E-state index is 0.0440. The van der Waals surface area contributed by atoms with Crippen molar-refractivity contribution in [2.45, 2.75) is 51.7 Å². The molecular weight excluding hydrogens is 374 g/mol. The van der Waals surface area contributed by atoms with Crippen LogP contribution in [-0.4, -0.2) is 78.2 Å². The van der Waals surface area contributed by atoms with Gasteiger partial charge in [-0.05, 0) is 53.6 Å². The van der Waals surface area contributed by atoms with Crippen LogP contribution in [0.2, 0.25) is 0 Å². The number of hydrogen-bond donors (Lipinski definition) is 1. The first-order valence-electron chi connectivity index (χ1n) is 10.3. The molecule has 0 aliphatic carbocycles. The van der Waals surface area contributed by atoms with E-state index < -0.39 is 11.6 Å². The summed E-state index contributed by atoms with van der Waals surface area (Å²) in [6.45, 7) is 8.56. The second kappa shape index (κ2) is 8.71. The highest BCUT2D eigenvalue weighted by Gasteiger charge is 2.45. The van der Waals surface area contributed by atoms with E-state index in [9.17, 15) is 9.59 Å². The zero-order chi connectivity index (χ0) is 21.2. The summed E-state index contributed by atoms with van der Waals surface area (Å²) in [4.78, 5) is 29.4. The van der Waals surface area contributed by atoms with Gasteiger partial charge in [0.15, 0.2) is 0 Å². The molecule has 0 saturated carbocycles. The molecule has 1 N–H and O–H groups in total. The van der Waals surface area contributed by atoms with Gasteiger partial charge in [-0.1, -0.05) is 0 Å². The number of rotatable bonds is 5. The molecular formula is C20H33N5O4. The van der Waals surface area contributed by atoms with E-state index in [4.69, 9.17) is 9.47 Å². The third-order valence-electron chi connectivity index (χ3n) is 5.82. The zero-order valence-corrected chi connectivity index (χ0v) is 18.1. The smallest absolute Gasteiger partial charge is 0.435 e. The van der Waals surface area contributed by atoms with E-state index in [1.165, 1.54) is 4.68 Å². The first-order chi connectivity index (χ1) is 13.8. The highest BCUT2D eigenvalue weighted by atomic mass is 16.6. The quantitative estimate of drug-likeness (QED) is 0.803. The third kappa shape index (κ3) is 4.40. The first kappa shape index (κ1) is 21.6. The molecule has 9 heteroatoms. The molecule has 0 bridgehead atoms. The Kier molecular flexibility index (Phi) is 6.48. The molecule has 2 aliphatic rings.